The van der Waals surface area contributed by atoms with Gasteiger partial charge in [0.2, 0.25) is 5.75 Å². The van der Waals surface area contributed by atoms with Crippen LogP contribution in [0.25, 0.3) is 0 Å². The van der Waals surface area contributed by atoms with E-state index in [1.165, 1.54) is 11.3 Å². The number of rotatable bonds is 9. The molecule has 0 aliphatic heterocycles. The van der Waals surface area contributed by atoms with E-state index in [4.69, 9.17) is 14.2 Å². The predicted molar refractivity (Wildman–Crippen MR) is 106 cm³/mol. The van der Waals surface area contributed by atoms with Gasteiger partial charge in [-0.05, 0) is 45.4 Å². The summed E-state index contributed by atoms with van der Waals surface area (Å²) in [6, 6.07) is 7.19. The van der Waals surface area contributed by atoms with Crippen LogP contribution in [0, 0.1) is 11.3 Å². The van der Waals surface area contributed by atoms with Crippen molar-refractivity contribution in [2.75, 3.05) is 25.1 Å². The minimum absolute atomic E-state index is 0.332. The molecule has 0 bridgehead atoms. The molecule has 1 aromatic carbocycles. The topological polar surface area (TPSA) is 80.6 Å². The van der Waals surface area contributed by atoms with Crippen molar-refractivity contribution >= 4 is 22.2 Å². The van der Waals surface area contributed by atoms with Gasteiger partial charge in [-0.1, -0.05) is 6.92 Å². The highest BCUT2D eigenvalue weighted by Gasteiger charge is 2.20. The number of hydrogen-bond acceptors (Lipinski definition) is 6. The molecule has 0 unspecified atom stereocenters. The van der Waals surface area contributed by atoms with Gasteiger partial charge in [-0.2, -0.15) is 5.26 Å². The summed E-state index contributed by atoms with van der Waals surface area (Å²) in [5, 5.41) is 12.7. The molecule has 1 amide bonds. The van der Waals surface area contributed by atoms with Gasteiger partial charge in [0.15, 0.2) is 11.5 Å². The first-order valence-corrected chi connectivity index (χ1v) is 9.79. The SMILES string of the molecule is CCOc1cc(C(=O)Nc2sc(CC)cc2C#N)cc(OCC)c1OCC. The molecule has 0 fully saturated rings. The molecule has 0 radical (unpaired) electrons. The maximum Gasteiger partial charge on any atom is 0.256 e. The van der Waals surface area contributed by atoms with E-state index in [0.717, 1.165) is 11.3 Å². The Balaban J connectivity index is 2.40. The Morgan fingerprint density at radius 2 is 1.63 bits per heavy atom. The second-order valence-corrected chi connectivity index (χ2v) is 6.61. The minimum atomic E-state index is -0.332. The van der Waals surface area contributed by atoms with Gasteiger partial charge in [-0.15, -0.1) is 11.3 Å². The molecule has 1 heterocycles. The number of nitriles is 1. The average molecular weight is 388 g/mol. The van der Waals surface area contributed by atoms with E-state index in [9.17, 15) is 10.1 Å². The van der Waals surface area contributed by atoms with E-state index in [1.54, 1.807) is 18.2 Å². The smallest absolute Gasteiger partial charge is 0.256 e. The van der Waals surface area contributed by atoms with Gasteiger partial charge in [-0.3, -0.25) is 4.79 Å². The Hall–Kier alpha value is -2.72. The van der Waals surface area contributed by atoms with Crippen LogP contribution in [-0.2, 0) is 6.42 Å². The van der Waals surface area contributed by atoms with Crippen molar-refractivity contribution in [1.82, 2.24) is 0 Å². The van der Waals surface area contributed by atoms with Crippen LogP contribution in [0.1, 0.15) is 48.5 Å². The fourth-order valence-corrected chi connectivity index (χ4v) is 3.43. The van der Waals surface area contributed by atoms with Crippen molar-refractivity contribution in [2.24, 2.45) is 0 Å². The van der Waals surface area contributed by atoms with Gasteiger partial charge in [0, 0.05) is 10.4 Å². The number of benzene rings is 1. The van der Waals surface area contributed by atoms with Crippen LogP contribution in [0.3, 0.4) is 0 Å². The first-order valence-electron chi connectivity index (χ1n) is 8.98. The summed E-state index contributed by atoms with van der Waals surface area (Å²) in [5.74, 6) is 1.06. The number of nitrogens with zero attached hydrogens (tertiary/aromatic N) is 1. The largest absolute Gasteiger partial charge is 0.490 e. The molecule has 1 aromatic heterocycles. The Morgan fingerprint density at radius 1 is 1.04 bits per heavy atom. The van der Waals surface area contributed by atoms with Gasteiger partial charge in [0.05, 0.1) is 25.4 Å². The number of thiophene rings is 1. The summed E-state index contributed by atoms with van der Waals surface area (Å²) < 4.78 is 17.0. The standard InChI is InChI=1S/C20H24N2O4S/c1-5-15-9-14(12-21)20(27-15)22-19(23)13-10-16(24-6-2)18(26-8-4)17(11-13)25-7-3/h9-11H,5-8H2,1-4H3,(H,22,23). The van der Waals surface area contributed by atoms with Gasteiger partial charge in [-0.25, -0.2) is 0 Å². The van der Waals surface area contributed by atoms with Gasteiger partial charge < -0.3 is 19.5 Å². The summed E-state index contributed by atoms with van der Waals surface area (Å²) in [7, 11) is 0. The maximum atomic E-state index is 12.8. The maximum absolute atomic E-state index is 12.8. The van der Waals surface area contributed by atoms with Crippen LogP contribution < -0.4 is 19.5 Å². The van der Waals surface area contributed by atoms with Gasteiger partial charge >= 0.3 is 0 Å². The lowest BCUT2D eigenvalue weighted by atomic mass is 10.1. The van der Waals surface area contributed by atoms with Crippen molar-refractivity contribution in [3.63, 3.8) is 0 Å². The summed E-state index contributed by atoms with van der Waals surface area (Å²) in [6.45, 7) is 8.91. The molecule has 0 aliphatic rings. The number of aryl methyl sites for hydroxylation is 1. The fourth-order valence-electron chi connectivity index (χ4n) is 2.49. The number of carbonyl (C=O) groups excluding carboxylic acids is 1. The number of nitrogens with one attached hydrogen (secondary N) is 1. The van der Waals surface area contributed by atoms with E-state index in [1.807, 2.05) is 27.7 Å². The molecule has 2 aromatic rings. The Morgan fingerprint density at radius 3 is 2.11 bits per heavy atom. The van der Waals surface area contributed by atoms with E-state index in [0.29, 0.717) is 53.2 Å². The lowest BCUT2D eigenvalue weighted by Gasteiger charge is -2.17. The van der Waals surface area contributed by atoms with E-state index in [2.05, 4.69) is 11.4 Å². The second kappa shape index (κ2) is 9.83. The third kappa shape index (κ3) is 4.92. The molecule has 6 nitrogen and oxygen atoms in total. The predicted octanol–water partition coefficient (Wildman–Crippen LogP) is 4.63. The number of carbonyl (C=O) groups is 1. The molecule has 7 heteroatoms. The highest BCUT2D eigenvalue weighted by atomic mass is 32.1. The highest BCUT2D eigenvalue weighted by Crippen LogP contribution is 2.39. The lowest BCUT2D eigenvalue weighted by Crippen LogP contribution is -2.13. The molecule has 0 saturated heterocycles. The van der Waals surface area contributed by atoms with Crippen LogP contribution in [0.15, 0.2) is 18.2 Å². The first-order chi connectivity index (χ1) is 13.1. The fraction of sp³-hybridized carbons (Fsp3) is 0.400. The summed E-state index contributed by atoms with van der Waals surface area (Å²) >= 11 is 1.41. The first kappa shape index (κ1) is 20.6. The zero-order valence-electron chi connectivity index (χ0n) is 16.0. The van der Waals surface area contributed by atoms with Crippen molar-refractivity contribution in [2.45, 2.75) is 34.1 Å². The third-order valence-corrected chi connectivity index (χ3v) is 4.85. The normalized spacial score (nSPS) is 10.2. The van der Waals surface area contributed by atoms with Crippen LogP contribution >= 0.6 is 11.3 Å². The molecule has 144 valence electrons. The summed E-state index contributed by atoms with van der Waals surface area (Å²) in [5.41, 5.74) is 0.840. The van der Waals surface area contributed by atoms with Crippen LogP contribution in [0.5, 0.6) is 17.2 Å². The van der Waals surface area contributed by atoms with Gasteiger partial charge in [0.25, 0.3) is 5.91 Å². The third-order valence-electron chi connectivity index (χ3n) is 3.65. The molecular weight excluding hydrogens is 364 g/mol. The molecule has 0 aliphatic carbocycles. The van der Waals surface area contributed by atoms with Gasteiger partial charge in [0.1, 0.15) is 11.1 Å². The lowest BCUT2D eigenvalue weighted by molar-refractivity contribution is 0.102. The van der Waals surface area contributed by atoms with E-state index < -0.39 is 0 Å². The Kier molecular flexibility index (Phi) is 7.50. The minimum Gasteiger partial charge on any atom is -0.490 e. The highest BCUT2D eigenvalue weighted by molar-refractivity contribution is 7.16. The zero-order chi connectivity index (χ0) is 19.8. The number of hydrogen-bond donors (Lipinski definition) is 1. The van der Waals surface area contributed by atoms with Crippen LogP contribution in [0.2, 0.25) is 0 Å². The summed E-state index contributed by atoms with van der Waals surface area (Å²) in [6.07, 6.45) is 0.807. The quantitative estimate of drug-likeness (QED) is 0.677. The van der Waals surface area contributed by atoms with Crippen molar-refractivity contribution in [1.29, 1.82) is 5.26 Å². The summed E-state index contributed by atoms with van der Waals surface area (Å²) in [4.78, 5) is 13.8. The van der Waals surface area contributed by atoms with Crippen molar-refractivity contribution in [3.05, 3.63) is 34.2 Å². The monoisotopic (exact) mass is 388 g/mol. The molecule has 0 spiro atoms. The number of ether oxygens (including phenoxy) is 3. The average Bonchev–Trinajstić information content (AvgIpc) is 3.06. The molecule has 27 heavy (non-hydrogen) atoms. The molecular formula is C20H24N2O4S. The zero-order valence-corrected chi connectivity index (χ0v) is 16.9. The Bertz CT molecular complexity index is 812. The van der Waals surface area contributed by atoms with Crippen LogP contribution in [-0.4, -0.2) is 25.7 Å². The van der Waals surface area contributed by atoms with Crippen molar-refractivity contribution < 1.29 is 19.0 Å². The molecule has 0 atom stereocenters. The Labute approximate surface area is 163 Å². The number of amides is 1. The molecule has 2 rings (SSSR count). The van der Waals surface area contributed by atoms with Crippen molar-refractivity contribution in [3.8, 4) is 23.3 Å². The van der Waals surface area contributed by atoms with E-state index in [-0.39, 0.29) is 5.91 Å². The molecule has 0 saturated carbocycles. The number of anilines is 1. The molecule has 1 N–H and O–H groups in total. The second-order valence-electron chi connectivity index (χ2n) is 5.48. The van der Waals surface area contributed by atoms with E-state index >= 15 is 0 Å². The van der Waals surface area contributed by atoms with Crippen LogP contribution in [0.4, 0.5) is 5.00 Å².